The Kier molecular flexibility index (Phi) is 10.1. The van der Waals surface area contributed by atoms with Gasteiger partial charge in [-0.2, -0.15) is 0 Å². The molecule has 4 aliphatic rings. The number of hydrogen-bond donors (Lipinski definition) is 2. The van der Waals surface area contributed by atoms with Gasteiger partial charge in [0.15, 0.2) is 5.60 Å². The Bertz CT molecular complexity index is 1850. The lowest BCUT2D eigenvalue weighted by Crippen LogP contribution is -2.55. The van der Waals surface area contributed by atoms with Gasteiger partial charge in [0.2, 0.25) is 14.3 Å². The quantitative estimate of drug-likeness (QED) is 0.156. The van der Waals surface area contributed by atoms with Crippen molar-refractivity contribution in [3.63, 3.8) is 0 Å². The third kappa shape index (κ3) is 6.29. The van der Waals surface area contributed by atoms with E-state index in [-0.39, 0.29) is 50.4 Å². The van der Waals surface area contributed by atoms with Gasteiger partial charge in [0.05, 0.1) is 31.5 Å². The molecule has 3 amide bonds. The van der Waals surface area contributed by atoms with E-state index < -0.39 is 37.1 Å². The lowest BCUT2D eigenvalue weighted by Gasteiger charge is -2.39. The molecule has 0 radical (unpaired) electrons. The normalized spacial score (nSPS) is 25.1. The fourth-order valence-corrected chi connectivity index (χ4v) is 11.9. The molecule has 0 aliphatic carbocycles. The summed E-state index contributed by atoms with van der Waals surface area (Å²) >= 11 is 0. The SMILES string of the molecule is C=CCN1C(=O)[C@@]2(O[C@@H](CC(=O)N(CCO)Cc3ccccc3)[C@H]([Si](C)(C)F)[C@H]2C)c2cc(N3CN(c4ccccc4)C4(CCNCC4)C3=O)ccc21. The molecule has 10 nitrogen and oxygen atoms in total. The van der Waals surface area contributed by atoms with Gasteiger partial charge in [-0.3, -0.25) is 19.3 Å². The first-order valence-corrected chi connectivity index (χ1v) is 21.6. The summed E-state index contributed by atoms with van der Waals surface area (Å²) in [6.45, 7) is 11.2. The molecule has 3 saturated heterocycles. The Balaban J connectivity index is 1.27. The third-order valence-corrected chi connectivity index (χ3v) is 14.3. The topological polar surface area (TPSA) is 106 Å². The van der Waals surface area contributed by atoms with Crippen molar-refractivity contribution in [1.29, 1.82) is 0 Å². The molecule has 3 aromatic carbocycles. The number of anilines is 3. The second kappa shape index (κ2) is 14.5. The third-order valence-electron chi connectivity index (χ3n) is 11.8. The number of para-hydroxylation sites is 1. The Morgan fingerprint density at radius 1 is 1.04 bits per heavy atom. The number of ether oxygens (including phenoxy) is 1. The van der Waals surface area contributed by atoms with Crippen LogP contribution >= 0.6 is 0 Å². The van der Waals surface area contributed by atoms with Gasteiger partial charge in [-0.15, -0.1) is 6.58 Å². The summed E-state index contributed by atoms with van der Waals surface area (Å²) in [5.41, 5.74) is 0.738. The van der Waals surface area contributed by atoms with Crippen molar-refractivity contribution in [2.75, 3.05) is 54.2 Å². The van der Waals surface area contributed by atoms with E-state index in [0.29, 0.717) is 36.4 Å². The maximum atomic E-state index is 16.6. The standard InChI is InChI=1S/C41H50FN5O5Si/c1-5-22-45-34-17-16-32(46-28-47(31-14-10-7-11-15-31)40(38(46)50)18-20-43-21-19-40)25-33(34)41(39(45)51)29(2)37(53(3,4)42)35(52-41)26-36(49)44(23-24-48)27-30-12-8-6-9-13-30/h5-17,25,29,35,37,43,48H,1,18-24,26-28H2,2-4H3/t29-,35+,37-,41+/m1/s1. The van der Waals surface area contributed by atoms with E-state index in [4.69, 9.17) is 4.74 Å². The van der Waals surface area contributed by atoms with Gasteiger partial charge in [-0.05, 0) is 74.9 Å². The second-order valence-electron chi connectivity index (χ2n) is 15.3. The number of halogens is 1. The first-order valence-electron chi connectivity index (χ1n) is 18.7. The van der Waals surface area contributed by atoms with E-state index >= 15 is 4.11 Å². The molecule has 0 bridgehead atoms. The minimum atomic E-state index is -3.57. The van der Waals surface area contributed by atoms with Crippen molar-refractivity contribution in [3.05, 3.63) is 103 Å². The first-order chi connectivity index (χ1) is 25.5. The van der Waals surface area contributed by atoms with E-state index in [1.807, 2.05) is 85.8 Å². The van der Waals surface area contributed by atoms with Crippen LogP contribution in [0.2, 0.25) is 18.6 Å². The summed E-state index contributed by atoms with van der Waals surface area (Å²) in [4.78, 5) is 50.6. The average molecular weight is 740 g/mol. The number of aliphatic hydroxyl groups is 1. The molecule has 3 aromatic rings. The fraction of sp³-hybridized carbons (Fsp3) is 0.439. The van der Waals surface area contributed by atoms with Crippen molar-refractivity contribution < 1.29 is 28.3 Å². The number of fused-ring (bicyclic) bond motifs is 2. The molecular formula is C41H50FN5O5Si. The van der Waals surface area contributed by atoms with E-state index in [1.165, 1.54) is 0 Å². The number of nitrogens with one attached hydrogen (secondary N) is 1. The maximum Gasteiger partial charge on any atom is 0.264 e. The number of piperidine rings is 1. The van der Waals surface area contributed by atoms with Crippen LogP contribution in [0.1, 0.15) is 37.3 Å². The summed E-state index contributed by atoms with van der Waals surface area (Å²) < 4.78 is 23.5. The summed E-state index contributed by atoms with van der Waals surface area (Å²) in [6.07, 6.45) is 1.94. The molecule has 4 heterocycles. The highest BCUT2D eigenvalue weighted by molar-refractivity contribution is 6.72. The van der Waals surface area contributed by atoms with Crippen LogP contribution in [0, 0.1) is 5.92 Å². The lowest BCUT2D eigenvalue weighted by molar-refractivity contribution is -0.149. The van der Waals surface area contributed by atoms with Gasteiger partial charge in [-0.25, -0.2) is 0 Å². The number of hydrogen-bond acceptors (Lipinski definition) is 7. The highest BCUT2D eigenvalue weighted by atomic mass is 28.4. The van der Waals surface area contributed by atoms with E-state index in [2.05, 4.69) is 16.8 Å². The molecule has 3 fully saturated rings. The zero-order valence-electron chi connectivity index (χ0n) is 30.8. The smallest absolute Gasteiger partial charge is 0.264 e. The molecule has 2 spiro atoms. The van der Waals surface area contributed by atoms with Gasteiger partial charge in [0.1, 0.15) is 5.54 Å². The van der Waals surface area contributed by atoms with Crippen LogP contribution in [0.15, 0.2) is 91.5 Å². The minimum absolute atomic E-state index is 0.00514. The average Bonchev–Trinajstić information content (AvgIpc) is 3.69. The van der Waals surface area contributed by atoms with Gasteiger partial charge in [-0.1, -0.05) is 61.5 Å². The van der Waals surface area contributed by atoms with Crippen molar-refractivity contribution in [1.82, 2.24) is 10.2 Å². The maximum absolute atomic E-state index is 16.6. The molecule has 0 saturated carbocycles. The van der Waals surface area contributed by atoms with Crippen LogP contribution in [-0.2, 0) is 31.3 Å². The van der Waals surface area contributed by atoms with Gasteiger partial charge in [0, 0.05) is 48.0 Å². The van der Waals surface area contributed by atoms with E-state index in [9.17, 15) is 19.5 Å². The largest absolute Gasteiger partial charge is 0.395 e. The van der Waals surface area contributed by atoms with E-state index in [1.54, 1.807) is 33.9 Å². The number of nitrogens with zero attached hydrogens (tertiary/aromatic N) is 4. The van der Waals surface area contributed by atoms with Gasteiger partial charge < -0.3 is 34.0 Å². The van der Waals surface area contributed by atoms with Crippen molar-refractivity contribution in [2.45, 2.75) is 68.6 Å². The van der Waals surface area contributed by atoms with Crippen LogP contribution in [0.4, 0.5) is 21.2 Å². The molecule has 53 heavy (non-hydrogen) atoms. The molecule has 4 aliphatic heterocycles. The predicted octanol–water partition coefficient (Wildman–Crippen LogP) is 5.34. The van der Waals surface area contributed by atoms with Crippen molar-refractivity contribution in [2.24, 2.45) is 5.92 Å². The van der Waals surface area contributed by atoms with Gasteiger partial charge >= 0.3 is 0 Å². The Hall–Kier alpha value is -4.36. The highest BCUT2D eigenvalue weighted by Crippen LogP contribution is 2.60. The molecular weight excluding hydrogens is 690 g/mol. The number of amides is 3. The van der Waals surface area contributed by atoms with Crippen LogP contribution in [-0.4, -0.2) is 87.2 Å². The summed E-state index contributed by atoms with van der Waals surface area (Å²) in [5.74, 6) is -1.21. The molecule has 12 heteroatoms. The Morgan fingerprint density at radius 3 is 2.36 bits per heavy atom. The predicted molar refractivity (Wildman–Crippen MR) is 207 cm³/mol. The molecule has 0 unspecified atom stereocenters. The minimum Gasteiger partial charge on any atom is -0.395 e. The number of rotatable bonds is 11. The molecule has 0 aromatic heterocycles. The van der Waals surface area contributed by atoms with E-state index in [0.717, 1.165) is 24.3 Å². The monoisotopic (exact) mass is 739 g/mol. The molecule has 7 rings (SSSR count). The highest BCUT2D eigenvalue weighted by Gasteiger charge is 2.67. The van der Waals surface area contributed by atoms with Crippen LogP contribution in [0.3, 0.4) is 0 Å². The zero-order valence-corrected chi connectivity index (χ0v) is 31.8. The van der Waals surface area contributed by atoms with Crippen molar-refractivity contribution >= 4 is 43.2 Å². The van der Waals surface area contributed by atoms with Crippen LogP contribution in [0.25, 0.3) is 0 Å². The zero-order chi connectivity index (χ0) is 37.5. The lowest BCUT2D eigenvalue weighted by atomic mass is 9.82. The second-order valence-corrected chi connectivity index (χ2v) is 19.1. The van der Waals surface area contributed by atoms with Crippen LogP contribution < -0.4 is 20.0 Å². The number of aliphatic hydroxyl groups excluding tert-OH is 1. The molecule has 4 atom stereocenters. The molecule has 2 N–H and O–H groups in total. The number of benzene rings is 3. The number of carbonyl (C=O) groups excluding carboxylic acids is 3. The summed E-state index contributed by atoms with van der Waals surface area (Å²) in [5, 5.41) is 13.3. The summed E-state index contributed by atoms with van der Waals surface area (Å²) in [6, 6.07) is 25.1. The Labute approximate surface area is 312 Å². The fourth-order valence-electron chi connectivity index (χ4n) is 9.40. The Morgan fingerprint density at radius 2 is 1.72 bits per heavy atom. The number of carbonyl (C=O) groups is 3. The van der Waals surface area contributed by atoms with Gasteiger partial charge in [0.25, 0.3) is 11.8 Å². The first kappa shape index (κ1) is 37.0. The molecule has 280 valence electrons. The van der Waals surface area contributed by atoms with Crippen molar-refractivity contribution in [3.8, 4) is 0 Å². The summed E-state index contributed by atoms with van der Waals surface area (Å²) in [7, 11) is -3.57. The van der Waals surface area contributed by atoms with Crippen LogP contribution in [0.5, 0.6) is 0 Å².